The molecular formula is C19H13N3O2. The largest absolute Gasteiger partial charge is 0.288 e. The fourth-order valence-corrected chi connectivity index (χ4v) is 2.10. The standard InChI is InChI=1S/C19H13N3O2/c23-19(22-24)17-9-12-21-18(13-17)16-5-3-14(4-6-16)1-2-15-7-10-20-11-8-15/h3-13,24H,(H,22,23). The maximum absolute atomic E-state index is 11.5. The Balaban J connectivity index is 1.83. The van der Waals surface area contributed by atoms with Crippen LogP contribution in [0.4, 0.5) is 0 Å². The van der Waals surface area contributed by atoms with Gasteiger partial charge in [0.05, 0.1) is 5.69 Å². The van der Waals surface area contributed by atoms with Gasteiger partial charge in [0.2, 0.25) is 0 Å². The van der Waals surface area contributed by atoms with Crippen LogP contribution in [-0.4, -0.2) is 21.1 Å². The SMILES string of the molecule is O=C(NO)c1ccnc(-c2ccc(C#Cc3ccncc3)cc2)c1. The number of hydrogen-bond acceptors (Lipinski definition) is 4. The molecule has 0 radical (unpaired) electrons. The summed E-state index contributed by atoms with van der Waals surface area (Å²) in [6, 6.07) is 14.4. The number of nitrogens with one attached hydrogen (secondary N) is 1. The van der Waals surface area contributed by atoms with Crippen LogP contribution in [0.5, 0.6) is 0 Å². The highest BCUT2D eigenvalue weighted by atomic mass is 16.5. The quantitative estimate of drug-likeness (QED) is 0.433. The summed E-state index contributed by atoms with van der Waals surface area (Å²) in [6.07, 6.45) is 4.93. The average Bonchev–Trinajstić information content (AvgIpc) is 2.67. The van der Waals surface area contributed by atoms with E-state index in [0.717, 1.165) is 16.7 Å². The minimum atomic E-state index is -0.571. The summed E-state index contributed by atoms with van der Waals surface area (Å²) in [4.78, 5) is 19.7. The van der Waals surface area contributed by atoms with Gasteiger partial charge >= 0.3 is 0 Å². The van der Waals surface area contributed by atoms with E-state index < -0.39 is 5.91 Å². The van der Waals surface area contributed by atoms with Crippen molar-refractivity contribution in [2.24, 2.45) is 0 Å². The number of carbonyl (C=O) groups is 1. The smallest absolute Gasteiger partial charge is 0.274 e. The van der Waals surface area contributed by atoms with Crippen molar-refractivity contribution < 1.29 is 10.0 Å². The Morgan fingerprint density at radius 3 is 2.25 bits per heavy atom. The molecule has 0 unspecified atom stereocenters. The van der Waals surface area contributed by atoms with Gasteiger partial charge in [-0.25, -0.2) is 5.48 Å². The third-order valence-corrected chi connectivity index (χ3v) is 3.34. The summed E-state index contributed by atoms with van der Waals surface area (Å²) in [5, 5.41) is 8.70. The van der Waals surface area contributed by atoms with Crippen molar-refractivity contribution in [1.82, 2.24) is 15.4 Å². The lowest BCUT2D eigenvalue weighted by molar-refractivity contribution is 0.0706. The van der Waals surface area contributed by atoms with Crippen molar-refractivity contribution >= 4 is 5.91 Å². The molecule has 0 bridgehead atoms. The summed E-state index contributed by atoms with van der Waals surface area (Å²) in [5.74, 6) is 5.58. The fraction of sp³-hybridized carbons (Fsp3) is 0. The van der Waals surface area contributed by atoms with E-state index in [1.165, 1.54) is 12.3 Å². The number of hydroxylamine groups is 1. The van der Waals surface area contributed by atoms with E-state index in [9.17, 15) is 4.79 Å². The second kappa shape index (κ2) is 7.18. The van der Waals surface area contributed by atoms with Gasteiger partial charge in [0.25, 0.3) is 5.91 Å². The number of carbonyl (C=O) groups excluding carboxylic acids is 1. The van der Waals surface area contributed by atoms with Gasteiger partial charge in [0.1, 0.15) is 0 Å². The van der Waals surface area contributed by atoms with E-state index in [4.69, 9.17) is 5.21 Å². The van der Waals surface area contributed by atoms with Crippen molar-refractivity contribution in [2.45, 2.75) is 0 Å². The highest BCUT2D eigenvalue weighted by Gasteiger charge is 2.06. The van der Waals surface area contributed by atoms with Gasteiger partial charge in [-0.1, -0.05) is 24.0 Å². The topological polar surface area (TPSA) is 75.1 Å². The van der Waals surface area contributed by atoms with Crippen LogP contribution in [0, 0.1) is 11.8 Å². The van der Waals surface area contributed by atoms with Crippen molar-refractivity contribution in [3.05, 3.63) is 83.8 Å². The molecule has 5 heteroatoms. The average molecular weight is 315 g/mol. The molecule has 3 rings (SSSR count). The highest BCUT2D eigenvalue weighted by molar-refractivity contribution is 5.94. The lowest BCUT2D eigenvalue weighted by Gasteiger charge is -2.03. The molecule has 5 nitrogen and oxygen atoms in total. The molecule has 2 N–H and O–H groups in total. The molecule has 2 aromatic heterocycles. The first-order valence-corrected chi connectivity index (χ1v) is 7.19. The van der Waals surface area contributed by atoms with Gasteiger partial charge in [-0.2, -0.15) is 0 Å². The molecule has 3 aromatic rings. The first-order chi connectivity index (χ1) is 11.8. The molecule has 0 spiro atoms. The summed E-state index contributed by atoms with van der Waals surface area (Å²) >= 11 is 0. The molecule has 0 saturated heterocycles. The Morgan fingerprint density at radius 2 is 1.58 bits per heavy atom. The third kappa shape index (κ3) is 3.64. The van der Waals surface area contributed by atoms with Crippen LogP contribution in [0.25, 0.3) is 11.3 Å². The molecule has 0 aliphatic rings. The second-order valence-electron chi connectivity index (χ2n) is 4.93. The zero-order valence-corrected chi connectivity index (χ0v) is 12.6. The van der Waals surface area contributed by atoms with Crippen molar-refractivity contribution in [1.29, 1.82) is 0 Å². The van der Waals surface area contributed by atoms with E-state index >= 15 is 0 Å². The van der Waals surface area contributed by atoms with Crippen molar-refractivity contribution in [3.8, 4) is 23.1 Å². The van der Waals surface area contributed by atoms with E-state index in [2.05, 4.69) is 21.8 Å². The summed E-state index contributed by atoms with van der Waals surface area (Å²) in [7, 11) is 0. The normalized spacial score (nSPS) is 9.71. The Hall–Kier alpha value is -3.49. The fourth-order valence-electron chi connectivity index (χ4n) is 2.10. The summed E-state index contributed by atoms with van der Waals surface area (Å²) in [5.41, 5.74) is 5.23. The Bertz CT molecular complexity index is 911. The van der Waals surface area contributed by atoms with Crippen LogP contribution in [-0.2, 0) is 0 Å². The van der Waals surface area contributed by atoms with Gasteiger partial charge in [-0.3, -0.25) is 20.0 Å². The molecule has 24 heavy (non-hydrogen) atoms. The van der Waals surface area contributed by atoms with E-state index in [-0.39, 0.29) is 0 Å². The van der Waals surface area contributed by atoms with Crippen molar-refractivity contribution in [3.63, 3.8) is 0 Å². The van der Waals surface area contributed by atoms with Crippen LogP contribution in [0.15, 0.2) is 67.1 Å². The molecule has 0 fully saturated rings. The number of nitrogens with zero attached hydrogens (tertiary/aromatic N) is 2. The van der Waals surface area contributed by atoms with Gasteiger partial charge in [-0.15, -0.1) is 0 Å². The first kappa shape index (κ1) is 15.4. The minimum Gasteiger partial charge on any atom is -0.288 e. The predicted molar refractivity (Wildman–Crippen MR) is 89.1 cm³/mol. The lowest BCUT2D eigenvalue weighted by Crippen LogP contribution is -2.18. The Labute approximate surface area is 139 Å². The van der Waals surface area contributed by atoms with Crippen LogP contribution in [0.2, 0.25) is 0 Å². The Morgan fingerprint density at radius 1 is 0.917 bits per heavy atom. The molecule has 0 aliphatic carbocycles. The monoisotopic (exact) mass is 315 g/mol. The van der Waals surface area contributed by atoms with Crippen LogP contribution < -0.4 is 5.48 Å². The molecule has 1 amide bonds. The Kier molecular flexibility index (Phi) is 4.61. The summed E-state index contributed by atoms with van der Waals surface area (Å²) < 4.78 is 0. The molecule has 116 valence electrons. The van der Waals surface area contributed by atoms with Gasteiger partial charge < -0.3 is 0 Å². The number of pyridine rings is 2. The number of benzene rings is 1. The first-order valence-electron chi connectivity index (χ1n) is 7.19. The van der Waals surface area contributed by atoms with Crippen LogP contribution in [0.1, 0.15) is 21.5 Å². The third-order valence-electron chi connectivity index (χ3n) is 3.34. The molecule has 0 aliphatic heterocycles. The molecule has 2 heterocycles. The maximum atomic E-state index is 11.5. The van der Waals surface area contributed by atoms with E-state index in [0.29, 0.717) is 11.3 Å². The van der Waals surface area contributed by atoms with Gasteiger partial charge in [0.15, 0.2) is 0 Å². The van der Waals surface area contributed by atoms with Gasteiger partial charge in [0, 0.05) is 40.8 Å². The maximum Gasteiger partial charge on any atom is 0.274 e. The summed E-state index contributed by atoms with van der Waals surface area (Å²) in [6.45, 7) is 0. The zero-order chi connectivity index (χ0) is 16.8. The van der Waals surface area contributed by atoms with Gasteiger partial charge in [-0.05, 0) is 36.4 Å². The molecule has 0 atom stereocenters. The number of hydrogen-bond donors (Lipinski definition) is 2. The zero-order valence-electron chi connectivity index (χ0n) is 12.6. The number of aromatic nitrogens is 2. The minimum absolute atomic E-state index is 0.337. The van der Waals surface area contributed by atoms with E-state index in [1.807, 2.05) is 36.4 Å². The van der Waals surface area contributed by atoms with Crippen LogP contribution in [0.3, 0.4) is 0 Å². The molecular weight excluding hydrogens is 302 g/mol. The molecule has 1 aromatic carbocycles. The second-order valence-corrected chi connectivity index (χ2v) is 4.93. The molecule has 0 saturated carbocycles. The number of rotatable bonds is 2. The van der Waals surface area contributed by atoms with E-state index in [1.54, 1.807) is 23.9 Å². The lowest BCUT2D eigenvalue weighted by atomic mass is 10.1. The number of amides is 1. The predicted octanol–water partition coefficient (Wildman–Crippen LogP) is 2.66. The van der Waals surface area contributed by atoms with Crippen molar-refractivity contribution in [2.75, 3.05) is 0 Å². The highest BCUT2D eigenvalue weighted by Crippen LogP contribution is 2.18. The van der Waals surface area contributed by atoms with Crippen LogP contribution >= 0.6 is 0 Å².